The molecular formula is C96H64B2N4S2. The fourth-order valence-electron chi connectivity index (χ4n) is 16.4. The summed E-state index contributed by atoms with van der Waals surface area (Å²) in [6.07, 6.45) is 0. The van der Waals surface area contributed by atoms with Crippen molar-refractivity contribution in [3.63, 3.8) is 0 Å². The van der Waals surface area contributed by atoms with E-state index in [9.17, 15) is 0 Å². The van der Waals surface area contributed by atoms with Crippen LogP contribution in [0.2, 0.25) is 0 Å². The van der Waals surface area contributed by atoms with Crippen molar-refractivity contribution in [3.05, 3.63) is 388 Å². The number of hydrogen-bond donors (Lipinski definition) is 0. The van der Waals surface area contributed by atoms with E-state index >= 15 is 0 Å². The molecule has 0 bridgehead atoms. The molecular weight excluding hydrogens is 1290 g/mol. The monoisotopic (exact) mass is 1360 g/mol. The van der Waals surface area contributed by atoms with Crippen LogP contribution in [0.3, 0.4) is 0 Å². The summed E-state index contributed by atoms with van der Waals surface area (Å²) in [7, 11) is 0. The molecule has 0 fully saturated rings. The molecule has 20 rings (SSSR count). The van der Waals surface area contributed by atoms with Gasteiger partial charge in [-0.05, 0) is 181 Å². The van der Waals surface area contributed by atoms with Crippen LogP contribution in [0.1, 0.15) is 0 Å². The molecule has 0 amide bonds. The van der Waals surface area contributed by atoms with Crippen molar-refractivity contribution in [1.82, 2.24) is 0 Å². The summed E-state index contributed by atoms with van der Waals surface area (Å²) in [4.78, 5) is 15.2. The van der Waals surface area contributed by atoms with Crippen molar-refractivity contribution >= 4 is 138 Å². The third kappa shape index (κ3) is 10.7. The first kappa shape index (κ1) is 61.4. The van der Waals surface area contributed by atoms with Crippen LogP contribution in [0.4, 0.5) is 68.2 Å². The average molecular weight is 1360 g/mol. The first-order valence-electron chi connectivity index (χ1n) is 35.7. The second-order valence-corrected chi connectivity index (χ2v) is 29.3. The Hall–Kier alpha value is -12.5. The third-order valence-corrected chi connectivity index (χ3v) is 23.4. The number of para-hydroxylation sites is 3. The summed E-state index contributed by atoms with van der Waals surface area (Å²) >= 11 is 3.83. The van der Waals surface area contributed by atoms with Gasteiger partial charge in [0.1, 0.15) is 0 Å². The summed E-state index contributed by atoms with van der Waals surface area (Å²) in [5.74, 6) is 0. The van der Waals surface area contributed by atoms with Gasteiger partial charge in [-0.15, -0.1) is 0 Å². The van der Waals surface area contributed by atoms with Crippen molar-refractivity contribution in [1.29, 1.82) is 0 Å². The molecule has 4 heterocycles. The predicted octanol–water partition coefficient (Wildman–Crippen LogP) is 22.5. The molecule has 0 aliphatic carbocycles. The van der Waals surface area contributed by atoms with Crippen molar-refractivity contribution in [3.8, 4) is 55.6 Å². The molecule has 0 aromatic heterocycles. The van der Waals surface area contributed by atoms with Crippen LogP contribution in [0.25, 0.3) is 55.6 Å². The number of hydrogen-bond acceptors (Lipinski definition) is 6. The molecule has 104 heavy (non-hydrogen) atoms. The lowest BCUT2D eigenvalue weighted by Gasteiger charge is -2.46. The fourth-order valence-corrected chi connectivity index (χ4v) is 18.9. The minimum atomic E-state index is -0.166. The highest BCUT2D eigenvalue weighted by atomic mass is 32.2. The maximum atomic E-state index is 2.65. The van der Waals surface area contributed by atoms with Crippen molar-refractivity contribution < 1.29 is 0 Å². The molecule has 16 aromatic carbocycles. The van der Waals surface area contributed by atoms with Crippen LogP contribution in [-0.2, 0) is 0 Å². The van der Waals surface area contributed by atoms with Gasteiger partial charge in [0.2, 0.25) is 6.71 Å². The minimum Gasteiger partial charge on any atom is -0.311 e. The largest absolute Gasteiger partial charge is 0.311 e. The zero-order valence-electron chi connectivity index (χ0n) is 56.7. The maximum absolute atomic E-state index is 2.65. The molecule has 0 spiro atoms. The number of benzene rings is 16. The molecule has 0 unspecified atom stereocenters. The fraction of sp³-hybridized carbons (Fsp3) is 0. The Morgan fingerprint density at radius 2 is 0.615 bits per heavy atom. The number of rotatable bonds is 13. The van der Waals surface area contributed by atoms with Gasteiger partial charge in [0.05, 0.1) is 11.4 Å². The molecule has 4 aliphatic rings. The van der Waals surface area contributed by atoms with E-state index in [0.29, 0.717) is 0 Å². The smallest absolute Gasteiger partial charge is 0.252 e. The standard InChI is InChI=1S/C96H64B2N4S2/c1-7-27-65(28-8-1)69-49-53-75(54-50-69)99(77-41-25-37-72(57-77)67-31-11-3-12-32-67)79-59-89-95-90(60-79)102(86-46-22-19-43-81(86)71-35-15-5-16-36-71)88-64-92-85(63-84(88)97(95)82-44-20-23-47-87(82)101(89)74-39-17-6-18-40-74)98-83-45-21-24-48-91(83)103-93-61-80(62-94(104-92)96(93)98)100(76-55-51-70(52-56-76)66-29-9-2-10-30-66)78-42-26-38-73(58-78)68-33-13-4-14-34-68/h1-64H. The van der Waals surface area contributed by atoms with Gasteiger partial charge in [0, 0.05) is 82.0 Å². The van der Waals surface area contributed by atoms with Crippen molar-refractivity contribution in [2.24, 2.45) is 0 Å². The molecule has 0 atom stereocenters. The van der Waals surface area contributed by atoms with Crippen LogP contribution in [-0.4, -0.2) is 13.4 Å². The van der Waals surface area contributed by atoms with Gasteiger partial charge < -0.3 is 19.6 Å². The number of nitrogens with zero attached hydrogens (tertiary/aromatic N) is 4. The third-order valence-electron chi connectivity index (χ3n) is 21.1. The van der Waals surface area contributed by atoms with E-state index in [1.165, 1.54) is 80.2 Å². The van der Waals surface area contributed by atoms with Crippen LogP contribution in [0.5, 0.6) is 0 Å². The Balaban J connectivity index is 0.836. The quantitative estimate of drug-likeness (QED) is 0.106. The van der Waals surface area contributed by atoms with Gasteiger partial charge >= 0.3 is 0 Å². The summed E-state index contributed by atoms with van der Waals surface area (Å²) in [6, 6.07) is 144. The van der Waals surface area contributed by atoms with Crippen molar-refractivity contribution in [2.45, 2.75) is 19.6 Å². The van der Waals surface area contributed by atoms with Crippen LogP contribution in [0.15, 0.2) is 408 Å². The van der Waals surface area contributed by atoms with Crippen LogP contribution < -0.4 is 52.4 Å². The van der Waals surface area contributed by atoms with Gasteiger partial charge in [-0.1, -0.05) is 314 Å². The van der Waals surface area contributed by atoms with Gasteiger partial charge in [-0.3, -0.25) is 0 Å². The molecule has 8 heteroatoms. The van der Waals surface area contributed by atoms with Gasteiger partial charge in [-0.25, -0.2) is 0 Å². The summed E-state index contributed by atoms with van der Waals surface area (Å²) in [6.45, 7) is -0.213. The summed E-state index contributed by atoms with van der Waals surface area (Å²) in [5.41, 5.74) is 32.7. The predicted molar refractivity (Wildman–Crippen MR) is 443 cm³/mol. The Labute approximate surface area is 616 Å². The molecule has 0 N–H and O–H groups in total. The molecule has 0 radical (unpaired) electrons. The first-order chi connectivity index (χ1) is 51.6. The van der Waals surface area contributed by atoms with E-state index in [2.05, 4.69) is 408 Å². The van der Waals surface area contributed by atoms with E-state index < -0.39 is 0 Å². The second kappa shape index (κ2) is 25.9. The summed E-state index contributed by atoms with van der Waals surface area (Å²) in [5, 5.41) is 0. The van der Waals surface area contributed by atoms with Crippen LogP contribution in [0, 0.1) is 0 Å². The lowest BCUT2D eigenvalue weighted by atomic mass is 9.31. The van der Waals surface area contributed by atoms with Gasteiger partial charge in [0.25, 0.3) is 6.71 Å². The maximum Gasteiger partial charge on any atom is 0.252 e. The highest BCUT2D eigenvalue weighted by Gasteiger charge is 2.47. The Kier molecular flexibility index (Phi) is 15.3. The first-order valence-corrected chi connectivity index (χ1v) is 37.3. The molecule has 0 saturated carbocycles. The highest BCUT2D eigenvalue weighted by Crippen LogP contribution is 2.52. The van der Waals surface area contributed by atoms with E-state index in [-0.39, 0.29) is 13.4 Å². The Morgan fingerprint density at radius 1 is 0.202 bits per heavy atom. The van der Waals surface area contributed by atoms with Gasteiger partial charge in [0.15, 0.2) is 0 Å². The van der Waals surface area contributed by atoms with E-state index in [4.69, 9.17) is 0 Å². The average Bonchev–Trinajstić information content (AvgIpc) is 0.689. The minimum absolute atomic E-state index is 0.0468. The molecule has 4 aliphatic heterocycles. The van der Waals surface area contributed by atoms with Crippen LogP contribution >= 0.6 is 23.5 Å². The molecule has 0 saturated heterocycles. The van der Waals surface area contributed by atoms with E-state index in [0.717, 1.165) is 96.1 Å². The lowest BCUT2D eigenvalue weighted by Crippen LogP contribution is -2.64. The highest BCUT2D eigenvalue weighted by molar-refractivity contribution is 8.01. The zero-order valence-corrected chi connectivity index (χ0v) is 58.3. The number of fused-ring (bicyclic) bond motifs is 8. The number of anilines is 12. The molecule has 486 valence electrons. The normalized spacial score (nSPS) is 12.7. The SMILES string of the molecule is c1ccc(-c2ccc(N(c3cccc(-c4ccccc4)c3)c3cc4c5c(c3)Sc3cc6c(cc3B5c3ccccc3S4)B3c4ccccc4N(c4ccccc4)c4cc(N(c5ccc(-c7ccccc7)cc5)c5cccc(-c7ccccc7)c5)cc(c43)N6c3ccccc3-c3ccccc3)cc2)cc1. The zero-order chi connectivity index (χ0) is 68.6. The van der Waals surface area contributed by atoms with Gasteiger partial charge in [-0.2, -0.15) is 0 Å². The molecule has 16 aromatic rings. The second-order valence-electron chi connectivity index (χ2n) is 27.1. The van der Waals surface area contributed by atoms with E-state index in [1.54, 1.807) is 0 Å². The Bertz CT molecular complexity index is 5950. The van der Waals surface area contributed by atoms with E-state index in [1.807, 2.05) is 23.5 Å². The topological polar surface area (TPSA) is 13.0 Å². The molecule has 4 nitrogen and oxygen atoms in total. The van der Waals surface area contributed by atoms with Crippen molar-refractivity contribution in [2.75, 3.05) is 19.6 Å². The Morgan fingerprint density at radius 3 is 1.17 bits per heavy atom. The summed E-state index contributed by atoms with van der Waals surface area (Å²) < 4.78 is 0. The lowest BCUT2D eigenvalue weighted by molar-refractivity contribution is 1.22.